The number of rotatable bonds is 0. The van der Waals surface area contributed by atoms with E-state index in [0.717, 1.165) is 0 Å². The van der Waals surface area contributed by atoms with Gasteiger partial charge in [0.2, 0.25) is 0 Å². The summed E-state index contributed by atoms with van der Waals surface area (Å²) in [5.74, 6) is 0. The van der Waals surface area contributed by atoms with Gasteiger partial charge in [-0.1, -0.05) is 24.3 Å². The molecule has 1 aliphatic heterocycles. The lowest BCUT2D eigenvalue weighted by molar-refractivity contribution is 0.978. The molecule has 0 spiro atoms. The molecule has 1 aromatic rings. The van der Waals surface area contributed by atoms with E-state index in [1.54, 1.807) is 0 Å². The van der Waals surface area contributed by atoms with Crippen molar-refractivity contribution >= 4 is 11.8 Å². The molecule has 1 aromatic carbocycles. The van der Waals surface area contributed by atoms with Gasteiger partial charge in [-0.05, 0) is 29.9 Å². The molecule has 0 aromatic heterocycles. The Bertz CT molecular complexity index is 276. The summed E-state index contributed by atoms with van der Waals surface area (Å²) in [6.45, 7) is 0. The summed E-state index contributed by atoms with van der Waals surface area (Å²) in [5.41, 5.74) is 1.51. The van der Waals surface area contributed by atoms with Gasteiger partial charge >= 0.3 is 0 Å². The summed E-state index contributed by atoms with van der Waals surface area (Å²) in [6, 6.07) is 8.69. The lowest BCUT2D eigenvalue weighted by atomic mass is 10.1. The van der Waals surface area contributed by atoms with Crippen LogP contribution < -0.4 is 0 Å². The molecule has 0 unspecified atom stereocenters. The summed E-state index contributed by atoms with van der Waals surface area (Å²) >= 11 is 1.36. The summed E-state index contributed by atoms with van der Waals surface area (Å²) in [7, 11) is 0. The Kier molecular flexibility index (Phi) is 1.99. The van der Waals surface area contributed by atoms with Crippen molar-refractivity contribution in [3.8, 4) is 0 Å². The molecular weight excluding hydrogens is 152 g/mol. The first-order valence-corrected chi connectivity index (χ1v) is 4.87. The second-order valence-electron chi connectivity index (χ2n) is 2.68. The van der Waals surface area contributed by atoms with E-state index in [2.05, 4.69) is 35.7 Å². The van der Waals surface area contributed by atoms with E-state index in [-0.39, 0.29) is 0 Å². The third kappa shape index (κ3) is 1.48. The van der Waals surface area contributed by atoms with Crippen LogP contribution in [0.1, 0.15) is 12.0 Å². The van der Waals surface area contributed by atoms with Crippen LogP contribution in [0.25, 0.3) is 0 Å². The molecule has 57 valence electrons. The van der Waals surface area contributed by atoms with Gasteiger partial charge in [0, 0.05) is 4.90 Å². The molecule has 1 aliphatic rings. The molecule has 0 N–H and O–H groups in total. The molecule has 0 nitrogen and oxygen atoms in total. The van der Waals surface area contributed by atoms with E-state index >= 15 is 0 Å². The highest BCUT2D eigenvalue weighted by molar-refractivity contribution is 8.02. The lowest BCUT2D eigenvalue weighted by Crippen LogP contribution is -1.83. The van der Waals surface area contributed by atoms with Crippen LogP contribution >= 0.6 is 11.8 Å². The van der Waals surface area contributed by atoms with Crippen LogP contribution in [0.2, 0.25) is 0 Å². The van der Waals surface area contributed by atoms with Crippen molar-refractivity contribution in [2.75, 3.05) is 0 Å². The monoisotopic (exact) mass is 163 g/mol. The van der Waals surface area contributed by atoms with Crippen LogP contribution in [0, 0.1) is 0 Å². The third-order valence-corrected chi connectivity index (χ3v) is 2.97. The zero-order valence-corrected chi connectivity index (χ0v) is 7.22. The zero-order valence-electron chi connectivity index (χ0n) is 6.33. The first kappa shape index (κ1) is 6.99. The van der Waals surface area contributed by atoms with Crippen LogP contribution in [-0.4, -0.2) is 0 Å². The number of aryl methyl sites for hydroxylation is 1. The molecule has 0 bridgehead atoms. The van der Waals surface area contributed by atoms with Crippen molar-refractivity contribution in [1.82, 2.24) is 0 Å². The molecule has 0 fully saturated rings. The highest BCUT2D eigenvalue weighted by Crippen LogP contribution is 2.27. The van der Waals surface area contributed by atoms with Crippen molar-refractivity contribution in [3.63, 3.8) is 0 Å². The minimum Gasteiger partial charge on any atom is -0.169 e. The quantitative estimate of drug-likeness (QED) is 0.558. The Labute approximate surface area is 71.3 Å². The maximum Gasteiger partial charge on any atom is 0.00204 e. The average Bonchev–Trinajstić information content (AvgIpc) is 2.28. The Hall–Kier alpha value is -0.690. The number of fused-ring (bicyclic) bond motifs is 1. The predicted molar refractivity (Wildman–Crippen MR) is 51.2 cm³/mol. The fraction of sp³-hybridized carbons (Fsp3) is 0.200. The molecule has 11 heavy (non-hydrogen) atoms. The Morgan fingerprint density at radius 1 is 1.18 bits per heavy atom. The number of benzene rings is 1. The molecule has 2 rings (SSSR count). The van der Waals surface area contributed by atoms with Crippen LogP contribution in [0.5, 0.6) is 0 Å². The van der Waals surface area contributed by atoms with E-state index in [4.69, 9.17) is 0 Å². The predicted octanol–water partition coefficient (Wildman–Crippen LogP) is 2.97. The minimum atomic E-state index is 1.20. The van der Waals surface area contributed by atoms with Crippen molar-refractivity contribution in [2.24, 2.45) is 0 Å². The highest BCUT2D eigenvalue weighted by Gasteiger charge is 2.00. The van der Waals surface area contributed by atoms with Gasteiger partial charge in [-0.3, -0.25) is 0 Å². The summed E-state index contributed by atoms with van der Waals surface area (Å²) in [4.78, 5) is 1.47. The van der Waals surface area contributed by atoms with Crippen LogP contribution in [0.4, 0.5) is 0 Å². The number of allylic oxidation sites excluding steroid dienone is 1. The first-order valence-electron chi connectivity index (χ1n) is 3.90. The molecule has 0 saturated heterocycles. The molecule has 0 aliphatic carbocycles. The molecule has 1 heteroatoms. The molecule has 0 atom stereocenters. The normalized spacial score (nSPS) is 15.6. The number of thiol groups is 1. The fourth-order valence-corrected chi connectivity index (χ4v) is 2.23. The molecule has 0 saturated carbocycles. The van der Waals surface area contributed by atoms with Gasteiger partial charge < -0.3 is 0 Å². The van der Waals surface area contributed by atoms with Crippen molar-refractivity contribution < 1.29 is 0 Å². The van der Waals surface area contributed by atoms with Crippen molar-refractivity contribution in [3.05, 3.63) is 41.3 Å². The first-order chi connectivity index (χ1) is 5.47. The maximum absolute atomic E-state index is 2.27. The minimum absolute atomic E-state index is 1.20. The second kappa shape index (κ2) is 3.14. The van der Waals surface area contributed by atoms with Gasteiger partial charge in [-0.2, -0.15) is 11.8 Å². The SMILES string of the molecule is C1=C[SH]c2ccccc2CC1. The topological polar surface area (TPSA) is 0 Å². The Morgan fingerprint density at radius 2 is 2.09 bits per heavy atom. The Morgan fingerprint density at radius 3 is 3.09 bits per heavy atom. The van der Waals surface area contributed by atoms with Crippen LogP contribution in [0.15, 0.2) is 40.6 Å². The van der Waals surface area contributed by atoms with E-state index < -0.39 is 0 Å². The maximum atomic E-state index is 2.27. The smallest absolute Gasteiger partial charge is 0.00204 e. The van der Waals surface area contributed by atoms with Crippen molar-refractivity contribution in [2.45, 2.75) is 17.7 Å². The van der Waals surface area contributed by atoms with Crippen molar-refractivity contribution in [1.29, 1.82) is 0 Å². The molecule has 1 heterocycles. The van der Waals surface area contributed by atoms with E-state index in [9.17, 15) is 0 Å². The average molecular weight is 163 g/mol. The van der Waals surface area contributed by atoms with E-state index in [1.165, 1.54) is 35.1 Å². The summed E-state index contributed by atoms with van der Waals surface area (Å²) < 4.78 is 0. The standard InChI is InChI=1S/C10H11S/c1-2-7-10-9(5-1)6-3-4-8-11-10/h1-2,4-5,7-8,11H,3,6H2. The molecular formula is C10H11S. The van der Waals surface area contributed by atoms with Gasteiger partial charge in [-0.15, -0.1) is 0 Å². The van der Waals surface area contributed by atoms with Gasteiger partial charge in [0.25, 0.3) is 0 Å². The van der Waals surface area contributed by atoms with E-state index in [1.807, 2.05) is 0 Å². The zero-order chi connectivity index (χ0) is 7.52. The molecule has 1 radical (unpaired) electrons. The van der Waals surface area contributed by atoms with E-state index in [0.29, 0.717) is 0 Å². The lowest BCUT2D eigenvalue weighted by Gasteiger charge is -2.02. The van der Waals surface area contributed by atoms with Gasteiger partial charge in [0.05, 0.1) is 0 Å². The highest BCUT2D eigenvalue weighted by atomic mass is 32.2. The van der Waals surface area contributed by atoms with Crippen LogP contribution in [-0.2, 0) is 6.42 Å². The van der Waals surface area contributed by atoms with Crippen LogP contribution in [0.3, 0.4) is 0 Å². The van der Waals surface area contributed by atoms with Gasteiger partial charge in [-0.25, -0.2) is 0 Å². The Balaban J connectivity index is 2.40. The number of hydrogen-bond acceptors (Lipinski definition) is 0. The fourth-order valence-electron chi connectivity index (χ4n) is 1.29. The summed E-state index contributed by atoms with van der Waals surface area (Å²) in [6.07, 6.45) is 4.67. The number of hydrogen-bond donors (Lipinski definition) is 1. The van der Waals surface area contributed by atoms with Gasteiger partial charge in [0.1, 0.15) is 0 Å². The molecule has 0 amide bonds. The van der Waals surface area contributed by atoms with Gasteiger partial charge in [0.15, 0.2) is 0 Å². The largest absolute Gasteiger partial charge is 0.169 e. The summed E-state index contributed by atoms with van der Waals surface area (Å²) in [5, 5.41) is 2.24. The second-order valence-corrected chi connectivity index (χ2v) is 3.72. The third-order valence-electron chi connectivity index (χ3n) is 1.89.